The third kappa shape index (κ3) is 9.57. The Labute approximate surface area is 212 Å². The first kappa shape index (κ1) is 31.8. The summed E-state index contributed by atoms with van der Waals surface area (Å²) < 4.78 is 15.3. The van der Waals surface area contributed by atoms with E-state index in [0.29, 0.717) is 23.6 Å². The van der Waals surface area contributed by atoms with Gasteiger partial charge in [-0.3, -0.25) is 0 Å². The van der Waals surface area contributed by atoms with Crippen molar-refractivity contribution >= 4 is 23.1 Å². The van der Waals surface area contributed by atoms with Crippen LogP contribution >= 0.6 is 12.1 Å². The van der Waals surface area contributed by atoms with Crippen LogP contribution in [0.3, 0.4) is 0 Å². The second-order valence-corrected chi connectivity index (χ2v) is 7.99. The predicted octanol–water partition coefficient (Wildman–Crippen LogP) is 8.82. The Bertz CT molecular complexity index is 959. The van der Waals surface area contributed by atoms with Crippen LogP contribution in [0.15, 0.2) is 53.4 Å². The molecule has 0 bridgehead atoms. The Kier molecular flexibility index (Phi) is 17.9. The number of nitrogens with zero attached hydrogens (tertiary/aromatic N) is 1. The molecule has 1 heterocycles. The molecule has 0 amide bonds. The fraction of sp³-hybridized carbons (Fsp3) is 0.467. The van der Waals surface area contributed by atoms with Crippen molar-refractivity contribution in [3.63, 3.8) is 0 Å². The van der Waals surface area contributed by atoms with Crippen LogP contribution in [-0.4, -0.2) is 15.8 Å². The average molecular weight is 486 g/mol. The number of hydrogen-bond acceptors (Lipinski definition) is 2. The second-order valence-electron chi connectivity index (χ2n) is 7.36. The topological polar surface area (TPSA) is 25.2 Å². The molecule has 4 heteroatoms. The maximum absolute atomic E-state index is 13.1. The molecule has 34 heavy (non-hydrogen) atoms. The molecule has 188 valence electrons. The van der Waals surface area contributed by atoms with Crippen LogP contribution in [-0.2, 0) is 25.8 Å². The Morgan fingerprint density at radius 3 is 2.18 bits per heavy atom. The van der Waals surface area contributed by atoms with Gasteiger partial charge >= 0.3 is 0 Å². The van der Waals surface area contributed by atoms with Crippen LogP contribution in [0.1, 0.15) is 78.1 Å². The highest BCUT2D eigenvalue weighted by Gasteiger charge is 2.18. The lowest BCUT2D eigenvalue weighted by Crippen LogP contribution is -2.18. The van der Waals surface area contributed by atoms with Crippen molar-refractivity contribution in [3.05, 3.63) is 65.4 Å². The van der Waals surface area contributed by atoms with Gasteiger partial charge in [0.2, 0.25) is 0 Å². The summed E-state index contributed by atoms with van der Waals surface area (Å²) in [7, 11) is 0. The minimum Gasteiger partial charge on any atom is -0.391 e. The lowest BCUT2D eigenvalue weighted by atomic mass is 10.1. The number of aryl methyl sites for hydroxylation is 2. The first-order valence-corrected chi connectivity index (χ1v) is 13.3. The van der Waals surface area contributed by atoms with Gasteiger partial charge in [0, 0.05) is 28.0 Å². The van der Waals surface area contributed by atoms with Crippen molar-refractivity contribution in [1.82, 2.24) is 4.57 Å². The molecular formula is C30H44FNOS. The zero-order valence-electron chi connectivity index (χ0n) is 22.2. The van der Waals surface area contributed by atoms with Crippen molar-refractivity contribution in [2.24, 2.45) is 0 Å². The van der Waals surface area contributed by atoms with Crippen LogP contribution in [0.4, 0.5) is 3.89 Å². The van der Waals surface area contributed by atoms with Gasteiger partial charge in [0.25, 0.3) is 0 Å². The van der Waals surface area contributed by atoms with Gasteiger partial charge in [-0.05, 0) is 61.9 Å². The SMILES string of the molecule is C#CC.CC.CC.CCCc1c(CC)c2cc(SF)ccc2n1CC(O)CCc1ccccc1. The highest BCUT2D eigenvalue weighted by molar-refractivity contribution is 7.94. The monoisotopic (exact) mass is 485 g/mol. The number of rotatable bonds is 9. The maximum Gasteiger partial charge on any atom is 0.0812 e. The molecule has 1 aromatic heterocycles. The van der Waals surface area contributed by atoms with Crippen LogP contribution < -0.4 is 0 Å². The van der Waals surface area contributed by atoms with E-state index in [2.05, 4.69) is 42.9 Å². The molecule has 1 unspecified atom stereocenters. The molecule has 0 aliphatic carbocycles. The number of aliphatic hydroxyl groups is 1. The van der Waals surface area contributed by atoms with Crippen molar-refractivity contribution in [3.8, 4) is 12.3 Å². The van der Waals surface area contributed by atoms with Gasteiger partial charge in [0.1, 0.15) is 0 Å². The Morgan fingerprint density at radius 1 is 1.03 bits per heavy atom. The molecule has 0 aliphatic heterocycles. The van der Waals surface area contributed by atoms with E-state index in [4.69, 9.17) is 0 Å². The first-order chi connectivity index (χ1) is 16.6. The predicted molar refractivity (Wildman–Crippen MR) is 150 cm³/mol. The summed E-state index contributed by atoms with van der Waals surface area (Å²) in [5.74, 6) is 2.25. The van der Waals surface area contributed by atoms with Crippen molar-refractivity contribution in [2.45, 2.75) is 98.1 Å². The molecule has 0 saturated carbocycles. The summed E-state index contributed by atoms with van der Waals surface area (Å²) in [6.45, 7) is 14.6. The molecule has 0 fully saturated rings. The minimum atomic E-state index is -0.406. The summed E-state index contributed by atoms with van der Waals surface area (Å²) in [4.78, 5) is 0.641. The third-order valence-corrected chi connectivity index (χ3v) is 5.62. The Morgan fingerprint density at radius 2 is 1.65 bits per heavy atom. The van der Waals surface area contributed by atoms with E-state index in [9.17, 15) is 8.99 Å². The number of aliphatic hydroxyl groups excluding tert-OH is 1. The number of fused-ring (bicyclic) bond motifs is 1. The first-order valence-electron chi connectivity index (χ1n) is 12.6. The normalized spacial score (nSPS) is 10.6. The summed E-state index contributed by atoms with van der Waals surface area (Å²) in [6.07, 6.45) is 8.73. The van der Waals surface area contributed by atoms with E-state index in [1.807, 2.05) is 64.1 Å². The summed E-state index contributed by atoms with van der Waals surface area (Å²) in [6, 6.07) is 16.1. The molecule has 2 nitrogen and oxygen atoms in total. The van der Waals surface area contributed by atoms with Crippen LogP contribution in [0, 0.1) is 12.3 Å². The van der Waals surface area contributed by atoms with Gasteiger partial charge in [0.15, 0.2) is 0 Å². The van der Waals surface area contributed by atoms with E-state index in [1.165, 1.54) is 16.8 Å². The second kappa shape index (κ2) is 19.1. The molecular weight excluding hydrogens is 441 g/mol. The largest absolute Gasteiger partial charge is 0.391 e. The van der Waals surface area contributed by atoms with Gasteiger partial charge in [-0.25, -0.2) is 0 Å². The van der Waals surface area contributed by atoms with Crippen LogP contribution in [0.5, 0.6) is 0 Å². The van der Waals surface area contributed by atoms with Crippen LogP contribution in [0.2, 0.25) is 0 Å². The molecule has 0 aliphatic rings. The standard InChI is InChI=1S/C23H28FNOS.C3H4.2C2H6/c1-3-8-22-20(4-2)21-15-19(27-24)13-14-23(21)25(22)16-18(26)12-11-17-9-6-5-7-10-17;1-3-2;2*1-2/h5-7,9-10,13-15,18,26H,3-4,8,11-12,16H2,1-2H3;1H,2H3;2*1-2H3. The molecule has 0 radical (unpaired) electrons. The van der Waals surface area contributed by atoms with Gasteiger partial charge in [-0.15, -0.1) is 12.3 Å². The van der Waals surface area contributed by atoms with Gasteiger partial charge in [-0.2, -0.15) is 3.89 Å². The van der Waals surface area contributed by atoms with E-state index in [1.54, 1.807) is 6.92 Å². The van der Waals surface area contributed by atoms with Crippen molar-refractivity contribution < 1.29 is 8.99 Å². The molecule has 3 aromatic rings. The van der Waals surface area contributed by atoms with Gasteiger partial charge in [-0.1, -0.05) is 78.3 Å². The number of halogens is 1. The van der Waals surface area contributed by atoms with Crippen molar-refractivity contribution in [1.29, 1.82) is 0 Å². The number of hydrogen-bond donors (Lipinski definition) is 1. The van der Waals surface area contributed by atoms with Gasteiger partial charge < -0.3 is 9.67 Å². The average Bonchev–Trinajstić information content (AvgIpc) is 3.17. The summed E-state index contributed by atoms with van der Waals surface area (Å²) >= 11 is 0.292. The van der Waals surface area contributed by atoms with E-state index in [-0.39, 0.29) is 0 Å². The summed E-state index contributed by atoms with van der Waals surface area (Å²) in [5.41, 5.74) is 4.93. The molecule has 1 N–H and O–H groups in total. The molecule has 3 rings (SSSR count). The van der Waals surface area contributed by atoms with Gasteiger partial charge in [0.05, 0.1) is 18.3 Å². The van der Waals surface area contributed by atoms with E-state index < -0.39 is 6.10 Å². The van der Waals surface area contributed by atoms with Crippen molar-refractivity contribution in [2.75, 3.05) is 0 Å². The fourth-order valence-corrected chi connectivity index (χ4v) is 4.19. The van der Waals surface area contributed by atoms with E-state index >= 15 is 0 Å². The van der Waals surface area contributed by atoms with Crippen LogP contribution in [0.25, 0.3) is 10.9 Å². The lowest BCUT2D eigenvalue weighted by molar-refractivity contribution is 0.145. The summed E-state index contributed by atoms with van der Waals surface area (Å²) in [5, 5.41) is 11.8. The molecule has 0 saturated heterocycles. The molecule has 0 spiro atoms. The highest BCUT2D eigenvalue weighted by Crippen LogP contribution is 2.32. The Hall–Kier alpha value is -2.22. The number of terminal acetylenes is 1. The number of benzene rings is 2. The van der Waals surface area contributed by atoms with E-state index in [0.717, 1.165) is 43.0 Å². The smallest absolute Gasteiger partial charge is 0.0812 e. The zero-order chi connectivity index (χ0) is 25.9. The highest BCUT2D eigenvalue weighted by atomic mass is 32.2. The zero-order valence-corrected chi connectivity index (χ0v) is 23.0. The quantitative estimate of drug-likeness (QED) is 0.306. The molecule has 2 aromatic carbocycles. The third-order valence-electron chi connectivity index (χ3n) is 5.19. The fourth-order valence-electron chi connectivity index (χ4n) is 3.91. The minimum absolute atomic E-state index is 0.292. The maximum atomic E-state index is 13.1. The molecule has 1 atom stereocenters. The number of aromatic nitrogens is 1. The Balaban J connectivity index is 0.00000141. The lowest BCUT2D eigenvalue weighted by Gasteiger charge is -2.16.